The Morgan fingerprint density at radius 1 is 0.286 bits per heavy atom. The van der Waals surface area contributed by atoms with E-state index >= 15 is 0 Å². The Hall–Kier alpha value is 2.10. The van der Waals surface area contributed by atoms with Crippen LogP contribution in [0, 0.1) is 0 Å². The Morgan fingerprint density at radius 3 is 0.464 bits per heavy atom. The minimum atomic E-state index is -1.78. The summed E-state index contributed by atoms with van der Waals surface area (Å²) in [7, 11) is -7.13. The van der Waals surface area contributed by atoms with Gasteiger partial charge in [-0.05, 0) is 0 Å². The molecule has 0 aliphatic heterocycles. The molecule has 0 saturated heterocycles. The van der Waals surface area contributed by atoms with Crippen molar-refractivity contribution in [3.05, 3.63) is 0 Å². The first-order chi connectivity index (χ1) is 11.7. The number of hydrogen-bond acceptors (Lipinski definition) is 0. The van der Waals surface area contributed by atoms with Crippen LogP contribution < -0.4 is 0 Å². The Morgan fingerprint density at radius 2 is 0.393 bits per heavy atom. The Labute approximate surface area is 194 Å². The van der Waals surface area contributed by atoms with Crippen LogP contribution in [0.2, 0.25) is 127 Å². The van der Waals surface area contributed by atoms with Gasteiger partial charge in [0.25, 0.3) is 0 Å². The van der Waals surface area contributed by atoms with Crippen LogP contribution in [-0.2, 0) is 0 Å². The summed E-state index contributed by atoms with van der Waals surface area (Å²) in [4.78, 5) is 0. The van der Waals surface area contributed by atoms with Gasteiger partial charge in [-0.25, -0.2) is 0 Å². The van der Waals surface area contributed by atoms with E-state index in [4.69, 9.17) is 0 Å². The van der Waals surface area contributed by atoms with Gasteiger partial charge >= 0.3 is 196 Å². The summed E-state index contributed by atoms with van der Waals surface area (Å²) >= 11 is -1.78. The third-order valence-corrected chi connectivity index (χ3v) is 95.8. The van der Waals surface area contributed by atoms with Crippen molar-refractivity contribution in [1.82, 2.24) is 0 Å². The summed E-state index contributed by atoms with van der Waals surface area (Å²) in [5, 5.41) is 0. The zero-order chi connectivity index (χ0) is 23.3. The van der Waals surface area contributed by atoms with Gasteiger partial charge in [-0.1, -0.05) is 0 Å². The second kappa shape index (κ2) is 9.15. The molecule has 0 atom stereocenters. The normalized spacial score (nSPS) is 16.1. The second-order valence-corrected chi connectivity index (χ2v) is 67.3. The third-order valence-electron chi connectivity index (χ3n) is 6.20. The Kier molecular flexibility index (Phi) is 9.84. The molecule has 7 heteroatoms. The van der Waals surface area contributed by atoms with Gasteiger partial charge in [-0.3, -0.25) is 0 Å². The summed E-state index contributed by atoms with van der Waals surface area (Å²) in [6, 6.07) is 0. The molecule has 28 heavy (non-hydrogen) atoms. The second-order valence-electron chi connectivity index (χ2n) is 16.0. The molecule has 0 rings (SSSR count). The number of hydrogen-bond donors (Lipinski definition) is 0. The van der Waals surface area contributed by atoms with Gasteiger partial charge < -0.3 is 0 Å². The van der Waals surface area contributed by atoms with Gasteiger partial charge in [0, 0.05) is 0 Å². The van der Waals surface area contributed by atoms with Gasteiger partial charge in [0.15, 0.2) is 0 Å². The van der Waals surface area contributed by atoms with E-state index in [9.17, 15) is 0 Å². The molecule has 0 fully saturated rings. The van der Waals surface area contributed by atoms with Crippen LogP contribution in [0.5, 0.6) is 0 Å². The van der Waals surface area contributed by atoms with Crippen LogP contribution in [0.15, 0.2) is 0 Å². The molecule has 0 N–H and O–H groups in total. The minimum absolute atomic E-state index is 1.19. The van der Waals surface area contributed by atoms with Crippen LogP contribution in [-0.4, -0.2) is 68.2 Å². The van der Waals surface area contributed by atoms with Crippen LogP contribution in [0.3, 0.4) is 0 Å². The van der Waals surface area contributed by atoms with Crippen LogP contribution >= 0.6 is 0 Å². The van der Waals surface area contributed by atoms with Crippen LogP contribution in [0.1, 0.15) is 0 Å². The molecular formula is C21H57Si6Sn. The standard InChI is InChI=1S/3C7H19Si2.Sn/c3*1-8(2,3)7-9(4,5)6;/h3*7H,1-6H3;. The van der Waals surface area contributed by atoms with E-state index in [0.717, 1.165) is 0 Å². The average molecular weight is 597 g/mol. The van der Waals surface area contributed by atoms with Crippen LogP contribution in [0.4, 0.5) is 0 Å². The van der Waals surface area contributed by atoms with E-state index in [2.05, 4.69) is 118 Å². The van der Waals surface area contributed by atoms with Crippen molar-refractivity contribution in [3.63, 3.8) is 0 Å². The fourth-order valence-electron chi connectivity index (χ4n) is 7.40. The molecular weight excluding hydrogens is 539 g/mol. The molecule has 0 saturated carbocycles. The maximum absolute atomic E-state index is 2.77. The number of rotatable bonds is 9. The average Bonchev–Trinajstić information content (AvgIpc) is 2.13. The fourth-order valence-corrected chi connectivity index (χ4v) is 126. The van der Waals surface area contributed by atoms with Crippen molar-refractivity contribution in [2.45, 2.75) is 127 Å². The molecule has 0 bridgehead atoms. The first-order valence-corrected chi connectivity index (χ1v) is 38.0. The summed E-state index contributed by atoms with van der Waals surface area (Å²) in [5.41, 5.74) is 0. The molecule has 0 amide bonds. The quantitative estimate of drug-likeness (QED) is 0.233. The van der Waals surface area contributed by atoms with E-state index in [1.165, 1.54) is 9.54 Å². The molecule has 0 aromatic carbocycles. The molecule has 169 valence electrons. The van der Waals surface area contributed by atoms with Gasteiger partial charge in [0.05, 0.1) is 0 Å². The van der Waals surface area contributed by atoms with Gasteiger partial charge in [0.1, 0.15) is 0 Å². The van der Waals surface area contributed by atoms with E-state index in [1.807, 2.05) is 0 Å². The zero-order valence-corrected chi connectivity index (χ0v) is 32.1. The predicted octanol–water partition coefficient (Wildman–Crippen LogP) is 8.86. The topological polar surface area (TPSA) is 0 Å². The van der Waals surface area contributed by atoms with Gasteiger partial charge in [-0.2, -0.15) is 0 Å². The molecule has 0 unspecified atom stereocenters. The molecule has 0 aliphatic rings. The summed E-state index contributed by atoms with van der Waals surface area (Å²) in [6.07, 6.45) is 0. The molecule has 0 nitrogen and oxygen atoms in total. The predicted molar refractivity (Wildman–Crippen MR) is 157 cm³/mol. The molecule has 0 aliphatic carbocycles. The van der Waals surface area contributed by atoms with E-state index in [0.29, 0.717) is 0 Å². The Bertz CT molecular complexity index is 388. The van der Waals surface area contributed by atoms with Crippen molar-refractivity contribution in [2.24, 2.45) is 0 Å². The van der Waals surface area contributed by atoms with Crippen molar-refractivity contribution >= 4 is 68.2 Å². The van der Waals surface area contributed by atoms with Crippen molar-refractivity contribution in [3.8, 4) is 0 Å². The summed E-state index contributed by atoms with van der Waals surface area (Å²) in [6.45, 7) is 49.9. The van der Waals surface area contributed by atoms with E-state index < -0.39 is 68.2 Å². The Balaban J connectivity index is 7.30. The monoisotopic (exact) mass is 597 g/mol. The zero-order valence-electron chi connectivity index (χ0n) is 23.2. The van der Waals surface area contributed by atoms with Crippen molar-refractivity contribution in [1.29, 1.82) is 0 Å². The first-order valence-electron chi connectivity index (χ1n) is 11.6. The first kappa shape index (κ1) is 30.1. The SMILES string of the molecule is C[Si](C)(C)[CH]([Sn]([CH]([Si](C)(C)C)[Si](C)(C)C)[CH]([Si](C)(C)C)[Si](C)(C)C)[Si](C)(C)C. The van der Waals surface area contributed by atoms with Gasteiger partial charge in [-0.15, -0.1) is 0 Å². The molecule has 0 aromatic heterocycles. The molecule has 1 radical (unpaired) electrons. The molecule has 0 heterocycles. The molecule has 0 aromatic rings. The van der Waals surface area contributed by atoms with Crippen LogP contribution in [0.25, 0.3) is 0 Å². The summed E-state index contributed by atoms with van der Waals surface area (Å²) in [5.74, 6) is 0. The van der Waals surface area contributed by atoms with E-state index in [-0.39, 0.29) is 0 Å². The maximum atomic E-state index is 2.77. The fraction of sp³-hybridized carbons (Fsp3) is 1.00. The van der Waals surface area contributed by atoms with E-state index in [1.54, 1.807) is 0 Å². The van der Waals surface area contributed by atoms with Crippen molar-refractivity contribution in [2.75, 3.05) is 0 Å². The summed E-state index contributed by atoms with van der Waals surface area (Å²) < 4.78 is 3.73. The molecule has 0 spiro atoms. The third kappa shape index (κ3) is 8.22. The van der Waals surface area contributed by atoms with Crippen molar-refractivity contribution < 1.29 is 0 Å². The van der Waals surface area contributed by atoms with Gasteiger partial charge in [0.2, 0.25) is 0 Å².